The van der Waals surface area contributed by atoms with Crippen molar-refractivity contribution in [2.24, 2.45) is 5.10 Å². The van der Waals surface area contributed by atoms with E-state index in [2.05, 4.69) is 20.7 Å². The minimum absolute atomic E-state index is 0.00641. The molecule has 0 fully saturated rings. The highest BCUT2D eigenvalue weighted by molar-refractivity contribution is 7.99. The van der Waals surface area contributed by atoms with E-state index in [9.17, 15) is 14.7 Å². The number of amides is 1. The van der Waals surface area contributed by atoms with Crippen LogP contribution in [0.25, 0.3) is 27.8 Å². The van der Waals surface area contributed by atoms with Crippen LogP contribution < -0.4 is 20.5 Å². The summed E-state index contributed by atoms with van der Waals surface area (Å²) in [6.45, 7) is 2.24. The van der Waals surface area contributed by atoms with Gasteiger partial charge < -0.3 is 14.6 Å². The Morgan fingerprint density at radius 3 is 2.51 bits per heavy atom. The monoisotopic (exact) mass is 644 g/mol. The van der Waals surface area contributed by atoms with E-state index in [0.29, 0.717) is 38.8 Å². The molecule has 0 radical (unpaired) electrons. The number of aryl methyl sites for hydroxylation is 1. The molecular weight excluding hydrogens is 616 g/mol. The van der Waals surface area contributed by atoms with E-state index in [1.54, 1.807) is 36.4 Å². The lowest BCUT2D eigenvalue weighted by Gasteiger charge is -2.14. The minimum atomic E-state index is -0.386. The summed E-state index contributed by atoms with van der Waals surface area (Å²) in [6, 6.07) is 30.0. The molecule has 0 unspecified atom stereocenters. The molecule has 0 saturated carbocycles. The molecule has 1 amide bonds. The summed E-state index contributed by atoms with van der Waals surface area (Å²) in [6.07, 6.45) is 1.35. The molecule has 6 aromatic rings. The van der Waals surface area contributed by atoms with Crippen molar-refractivity contribution in [3.05, 3.63) is 124 Å². The molecule has 2 N–H and O–H groups in total. The van der Waals surface area contributed by atoms with Crippen LogP contribution in [0.4, 0.5) is 0 Å². The highest BCUT2D eigenvalue weighted by Crippen LogP contribution is 2.33. The van der Waals surface area contributed by atoms with Crippen LogP contribution in [0.3, 0.4) is 0 Å². The van der Waals surface area contributed by atoms with Gasteiger partial charge in [0.05, 0.1) is 24.1 Å². The van der Waals surface area contributed by atoms with Gasteiger partial charge in [0.2, 0.25) is 12.7 Å². The molecule has 1 aliphatic rings. The van der Waals surface area contributed by atoms with Crippen molar-refractivity contribution in [2.45, 2.75) is 18.6 Å². The van der Waals surface area contributed by atoms with Crippen molar-refractivity contribution < 1.29 is 19.4 Å². The summed E-state index contributed by atoms with van der Waals surface area (Å²) in [5.41, 5.74) is 6.10. The van der Waals surface area contributed by atoms with Gasteiger partial charge in [-0.25, -0.2) is 5.43 Å². The fourth-order valence-electron chi connectivity index (χ4n) is 5.30. The van der Waals surface area contributed by atoms with Crippen molar-refractivity contribution in [2.75, 3.05) is 12.5 Å². The predicted molar refractivity (Wildman–Crippen MR) is 180 cm³/mol. The SMILES string of the molecule is Cc1ccc(-n2c(SCC(=O)NN=Cc3c(O)n(Cc4ccc5c(c4)OCO5)c(=O)c4ccccc34)nnc2-c2ccccc2)cc1. The number of carbonyl (C=O) groups excluding carboxylic acids is 1. The Morgan fingerprint density at radius 1 is 0.957 bits per heavy atom. The number of hydrazone groups is 1. The second-order valence-electron chi connectivity index (χ2n) is 10.8. The summed E-state index contributed by atoms with van der Waals surface area (Å²) >= 11 is 1.23. The van der Waals surface area contributed by atoms with Gasteiger partial charge in [0.25, 0.3) is 11.5 Å². The number of hydrogen-bond donors (Lipinski definition) is 2. The smallest absolute Gasteiger partial charge is 0.261 e. The molecule has 12 heteroatoms. The normalized spacial score (nSPS) is 12.2. The van der Waals surface area contributed by atoms with Crippen molar-refractivity contribution in [1.29, 1.82) is 0 Å². The summed E-state index contributed by atoms with van der Waals surface area (Å²) in [5, 5.41) is 25.7. The van der Waals surface area contributed by atoms with Crippen molar-refractivity contribution in [1.82, 2.24) is 24.8 Å². The molecule has 3 heterocycles. The fourth-order valence-corrected chi connectivity index (χ4v) is 6.05. The lowest BCUT2D eigenvalue weighted by molar-refractivity contribution is -0.118. The van der Waals surface area contributed by atoms with Gasteiger partial charge in [-0.1, -0.05) is 84.1 Å². The molecular formula is C35H28N6O5S. The van der Waals surface area contributed by atoms with E-state index in [4.69, 9.17) is 9.47 Å². The number of fused-ring (bicyclic) bond motifs is 2. The number of aromatic nitrogens is 4. The molecule has 4 aromatic carbocycles. The number of benzene rings is 4. The number of ether oxygens (including phenoxy) is 2. The van der Waals surface area contributed by atoms with Crippen LogP contribution in [0.2, 0.25) is 0 Å². The molecule has 47 heavy (non-hydrogen) atoms. The first-order valence-electron chi connectivity index (χ1n) is 14.7. The summed E-state index contributed by atoms with van der Waals surface area (Å²) in [4.78, 5) is 26.3. The first-order chi connectivity index (χ1) is 23.0. The van der Waals surface area contributed by atoms with Gasteiger partial charge in [-0.3, -0.25) is 18.7 Å². The Hall–Kier alpha value is -5.88. The Labute approximate surface area is 273 Å². The van der Waals surface area contributed by atoms with Crippen molar-refractivity contribution >= 4 is 34.7 Å². The average molecular weight is 645 g/mol. The fraction of sp³-hybridized carbons (Fsp3) is 0.114. The number of nitrogens with zero attached hydrogens (tertiary/aromatic N) is 5. The molecule has 234 valence electrons. The van der Waals surface area contributed by atoms with Gasteiger partial charge in [0.15, 0.2) is 22.5 Å². The van der Waals surface area contributed by atoms with Gasteiger partial charge in [-0.05, 0) is 42.8 Å². The first-order valence-corrected chi connectivity index (χ1v) is 15.7. The Morgan fingerprint density at radius 2 is 1.70 bits per heavy atom. The summed E-state index contributed by atoms with van der Waals surface area (Å²) in [5.74, 6) is 1.20. The standard InChI is InChI=1S/C35H28N6O5S/c1-22-11-14-25(15-12-22)41-32(24-7-3-2-4-8-24)38-39-35(41)47-20-31(42)37-36-18-28-26-9-5-6-10-27(26)33(43)40(34(28)44)19-23-13-16-29-30(17-23)46-21-45-29/h2-18,44H,19-21H2,1H3,(H,37,42). The van der Waals surface area contributed by atoms with E-state index < -0.39 is 0 Å². The van der Waals surface area contributed by atoms with Crippen LogP contribution in [0.1, 0.15) is 16.7 Å². The van der Waals surface area contributed by atoms with E-state index >= 15 is 0 Å². The number of nitrogens with one attached hydrogen (secondary N) is 1. The largest absolute Gasteiger partial charge is 0.494 e. The van der Waals surface area contributed by atoms with Gasteiger partial charge in [0.1, 0.15) is 0 Å². The molecule has 0 aliphatic carbocycles. The second kappa shape index (κ2) is 12.9. The number of rotatable bonds is 9. The molecule has 7 rings (SSSR count). The second-order valence-corrected chi connectivity index (χ2v) is 11.7. The number of aromatic hydroxyl groups is 1. The number of thioether (sulfide) groups is 1. The van der Waals surface area contributed by atoms with Crippen LogP contribution in [0.5, 0.6) is 17.4 Å². The van der Waals surface area contributed by atoms with E-state index in [-0.39, 0.29) is 36.4 Å². The zero-order valence-corrected chi connectivity index (χ0v) is 26.0. The van der Waals surface area contributed by atoms with Crippen LogP contribution in [0.15, 0.2) is 112 Å². The molecule has 1 aliphatic heterocycles. The predicted octanol–water partition coefficient (Wildman–Crippen LogP) is 5.28. The van der Waals surface area contributed by atoms with Crippen LogP contribution >= 0.6 is 11.8 Å². The highest BCUT2D eigenvalue weighted by Gasteiger charge is 2.19. The van der Waals surface area contributed by atoms with Crippen LogP contribution in [0, 0.1) is 6.92 Å². The maximum absolute atomic E-state index is 13.4. The highest BCUT2D eigenvalue weighted by atomic mass is 32.2. The van der Waals surface area contributed by atoms with Gasteiger partial charge in [-0.15, -0.1) is 10.2 Å². The van der Waals surface area contributed by atoms with Crippen molar-refractivity contribution in [3.8, 4) is 34.5 Å². The lowest BCUT2D eigenvalue weighted by atomic mass is 10.1. The molecule has 0 bridgehead atoms. The zero-order valence-electron chi connectivity index (χ0n) is 25.2. The Bertz CT molecular complexity index is 2200. The summed E-state index contributed by atoms with van der Waals surface area (Å²) in [7, 11) is 0. The topological polar surface area (TPSA) is 133 Å². The number of pyridine rings is 1. The van der Waals surface area contributed by atoms with Gasteiger partial charge in [-0.2, -0.15) is 5.10 Å². The first kappa shape index (κ1) is 29.8. The minimum Gasteiger partial charge on any atom is -0.494 e. The van der Waals surface area contributed by atoms with E-state index in [1.165, 1.54) is 22.5 Å². The number of hydrogen-bond acceptors (Lipinski definition) is 9. The third kappa shape index (κ3) is 6.06. The number of carbonyl (C=O) groups is 1. The van der Waals surface area contributed by atoms with Crippen LogP contribution in [-0.2, 0) is 11.3 Å². The van der Waals surface area contributed by atoms with E-state index in [1.807, 2.05) is 72.2 Å². The molecule has 0 atom stereocenters. The third-order valence-corrected chi connectivity index (χ3v) is 8.57. The quantitative estimate of drug-likeness (QED) is 0.123. The van der Waals surface area contributed by atoms with Crippen LogP contribution in [-0.4, -0.2) is 49.1 Å². The maximum atomic E-state index is 13.4. The average Bonchev–Trinajstić information content (AvgIpc) is 3.75. The maximum Gasteiger partial charge on any atom is 0.261 e. The zero-order chi connectivity index (χ0) is 32.3. The molecule has 0 saturated heterocycles. The van der Waals surface area contributed by atoms with E-state index in [0.717, 1.165) is 22.4 Å². The molecule has 11 nitrogen and oxygen atoms in total. The Balaban J connectivity index is 1.11. The molecule has 2 aromatic heterocycles. The Kier molecular flexibility index (Phi) is 8.15. The van der Waals surface area contributed by atoms with Gasteiger partial charge >= 0.3 is 0 Å². The van der Waals surface area contributed by atoms with Gasteiger partial charge in [0, 0.05) is 22.0 Å². The summed E-state index contributed by atoms with van der Waals surface area (Å²) < 4.78 is 14.0. The lowest BCUT2D eigenvalue weighted by Crippen LogP contribution is -2.23. The third-order valence-electron chi connectivity index (χ3n) is 7.64. The van der Waals surface area contributed by atoms with Crippen molar-refractivity contribution in [3.63, 3.8) is 0 Å². The molecule has 0 spiro atoms.